The molecule has 0 bridgehead atoms. The fraction of sp³-hybridized carbons (Fsp3) is 0.409. The van der Waals surface area contributed by atoms with E-state index in [2.05, 4.69) is 20.7 Å². The number of benzene rings is 1. The van der Waals surface area contributed by atoms with E-state index in [1.165, 1.54) is 12.8 Å². The van der Waals surface area contributed by atoms with Gasteiger partial charge in [0, 0.05) is 30.2 Å². The predicted molar refractivity (Wildman–Crippen MR) is 120 cm³/mol. The lowest BCUT2D eigenvalue weighted by Gasteiger charge is -2.24. The van der Waals surface area contributed by atoms with E-state index in [1.54, 1.807) is 4.68 Å². The largest absolute Gasteiger partial charge is 0.365 e. The Morgan fingerprint density at radius 3 is 2.71 bits per heavy atom. The van der Waals surface area contributed by atoms with Gasteiger partial charge in [-0.15, -0.1) is 0 Å². The fourth-order valence-corrected chi connectivity index (χ4v) is 3.82. The molecule has 0 spiro atoms. The molecule has 1 aromatic carbocycles. The maximum Gasteiger partial charge on any atom is 0.252 e. The van der Waals surface area contributed by atoms with Crippen molar-refractivity contribution in [1.29, 1.82) is 0 Å². The highest BCUT2D eigenvalue weighted by molar-refractivity contribution is 5.99. The third kappa shape index (κ3) is 4.46. The van der Waals surface area contributed by atoms with Crippen LogP contribution >= 0.6 is 0 Å². The monoisotopic (exact) mass is 425 g/mol. The summed E-state index contributed by atoms with van der Waals surface area (Å²) in [5, 5.41) is 11.7. The topological polar surface area (TPSA) is 124 Å². The minimum atomic E-state index is -0.764. The second-order valence-corrected chi connectivity index (χ2v) is 8.43. The van der Waals surface area contributed by atoms with Crippen LogP contribution in [-0.4, -0.2) is 32.8 Å². The maximum absolute atomic E-state index is 14.8. The fourth-order valence-electron chi connectivity index (χ4n) is 3.82. The molecule has 9 heteroatoms. The van der Waals surface area contributed by atoms with Crippen molar-refractivity contribution in [2.75, 3.05) is 10.6 Å². The van der Waals surface area contributed by atoms with Crippen LogP contribution < -0.4 is 22.1 Å². The van der Waals surface area contributed by atoms with Crippen LogP contribution in [-0.2, 0) is 7.05 Å². The Bertz CT molecular complexity index is 1140. The summed E-state index contributed by atoms with van der Waals surface area (Å²) in [6.45, 7) is 3.83. The molecular weight excluding hydrogens is 397 g/mol. The molecule has 1 saturated carbocycles. The number of anilines is 3. The van der Waals surface area contributed by atoms with Crippen LogP contribution in [0, 0.1) is 18.7 Å². The molecular formula is C22H28FN7O. The molecule has 0 aliphatic heterocycles. The number of amides is 1. The van der Waals surface area contributed by atoms with Gasteiger partial charge in [-0.2, -0.15) is 5.10 Å². The minimum absolute atomic E-state index is 0.0242. The van der Waals surface area contributed by atoms with Gasteiger partial charge < -0.3 is 22.1 Å². The molecule has 8 nitrogen and oxygen atoms in total. The van der Waals surface area contributed by atoms with Gasteiger partial charge in [-0.1, -0.05) is 12.8 Å². The average molecular weight is 426 g/mol. The zero-order chi connectivity index (χ0) is 22.3. The zero-order valence-corrected chi connectivity index (χ0v) is 17.9. The van der Waals surface area contributed by atoms with Crippen LogP contribution in [0.1, 0.15) is 42.2 Å². The van der Waals surface area contributed by atoms with Gasteiger partial charge in [0.15, 0.2) is 11.6 Å². The molecule has 1 aliphatic carbocycles. The lowest BCUT2D eigenvalue weighted by molar-refractivity contribution is 0.100. The summed E-state index contributed by atoms with van der Waals surface area (Å²) in [4.78, 5) is 16.3. The van der Waals surface area contributed by atoms with Gasteiger partial charge in [0.05, 0.1) is 16.8 Å². The van der Waals surface area contributed by atoms with E-state index in [9.17, 15) is 9.18 Å². The molecule has 0 unspecified atom stereocenters. The highest BCUT2D eigenvalue weighted by Gasteiger charge is 2.28. The van der Waals surface area contributed by atoms with E-state index in [1.807, 2.05) is 39.1 Å². The number of aromatic nitrogens is 3. The number of pyridine rings is 1. The van der Waals surface area contributed by atoms with E-state index in [0.29, 0.717) is 11.6 Å². The summed E-state index contributed by atoms with van der Waals surface area (Å²) in [7, 11) is 1.86. The van der Waals surface area contributed by atoms with Crippen molar-refractivity contribution in [2.24, 2.45) is 24.4 Å². The van der Waals surface area contributed by atoms with Crippen molar-refractivity contribution in [2.45, 2.75) is 45.2 Å². The normalized spacial score (nSPS) is 15.6. The smallest absolute Gasteiger partial charge is 0.252 e. The Morgan fingerprint density at radius 1 is 1.32 bits per heavy atom. The summed E-state index contributed by atoms with van der Waals surface area (Å²) in [6, 6.07) is 6.52. The van der Waals surface area contributed by atoms with Crippen LogP contribution in [0.3, 0.4) is 0 Å². The number of rotatable bonds is 8. The molecule has 6 N–H and O–H groups in total. The van der Waals surface area contributed by atoms with Gasteiger partial charge in [-0.05, 0) is 50.5 Å². The van der Waals surface area contributed by atoms with Gasteiger partial charge in [0.2, 0.25) is 0 Å². The van der Waals surface area contributed by atoms with E-state index in [4.69, 9.17) is 11.5 Å². The van der Waals surface area contributed by atoms with E-state index in [0.717, 1.165) is 29.1 Å². The maximum atomic E-state index is 14.8. The number of aryl methyl sites for hydroxylation is 2. The standard InChI is InChI=1S/C22H28FN7O/c1-11(24)18(8-13-4-5-13)27-22-17(23)10-16(20(25)31)21(28-22)26-14-6-7-15-12(2)29-30(3)19(15)9-14/h6-7,9-11,13,18H,4-5,8,24H2,1-3H3,(H2,25,31)(H2,26,27,28)/t11-,18+/m0/s1. The van der Waals surface area contributed by atoms with E-state index in [-0.39, 0.29) is 29.3 Å². The first-order chi connectivity index (χ1) is 14.7. The Kier molecular flexibility index (Phi) is 5.53. The quantitative estimate of drug-likeness (QED) is 0.439. The van der Waals surface area contributed by atoms with Crippen LogP contribution in [0.5, 0.6) is 0 Å². The second-order valence-electron chi connectivity index (χ2n) is 8.43. The summed E-state index contributed by atoms with van der Waals surface area (Å²) in [5.41, 5.74) is 14.1. The van der Waals surface area contributed by atoms with Crippen molar-refractivity contribution < 1.29 is 9.18 Å². The Balaban J connectivity index is 1.67. The van der Waals surface area contributed by atoms with Crippen LogP contribution in [0.25, 0.3) is 10.9 Å². The summed E-state index contributed by atoms with van der Waals surface area (Å²) >= 11 is 0. The van der Waals surface area contributed by atoms with Crippen LogP contribution in [0.15, 0.2) is 24.3 Å². The molecule has 2 aromatic heterocycles. The average Bonchev–Trinajstić information content (AvgIpc) is 3.48. The number of nitrogens with one attached hydrogen (secondary N) is 2. The summed E-state index contributed by atoms with van der Waals surface area (Å²) in [5.74, 6) is -0.557. The number of carbonyl (C=O) groups is 1. The number of carbonyl (C=O) groups excluding carboxylic acids is 1. The van der Waals surface area contributed by atoms with Gasteiger partial charge in [-0.25, -0.2) is 9.37 Å². The number of nitrogens with zero attached hydrogens (tertiary/aromatic N) is 3. The zero-order valence-electron chi connectivity index (χ0n) is 17.9. The van der Waals surface area contributed by atoms with E-state index < -0.39 is 11.7 Å². The van der Waals surface area contributed by atoms with Gasteiger partial charge in [0.25, 0.3) is 5.91 Å². The molecule has 31 heavy (non-hydrogen) atoms. The number of hydrogen-bond donors (Lipinski definition) is 4. The SMILES string of the molecule is Cc1nn(C)c2cc(Nc3nc(N[C@H](CC4CC4)[C@H](C)N)c(F)cc3C(N)=O)ccc12. The Hall–Kier alpha value is -3.20. The summed E-state index contributed by atoms with van der Waals surface area (Å²) < 4.78 is 16.5. The highest BCUT2D eigenvalue weighted by Crippen LogP contribution is 2.35. The van der Waals surface area contributed by atoms with Gasteiger partial charge >= 0.3 is 0 Å². The van der Waals surface area contributed by atoms with Gasteiger partial charge in [0.1, 0.15) is 5.82 Å². The molecule has 0 saturated heterocycles. The molecule has 4 rings (SSSR count). The van der Waals surface area contributed by atoms with Crippen LogP contribution in [0.4, 0.5) is 21.7 Å². The summed E-state index contributed by atoms with van der Waals surface area (Å²) in [6.07, 6.45) is 3.20. The highest BCUT2D eigenvalue weighted by atomic mass is 19.1. The van der Waals surface area contributed by atoms with E-state index >= 15 is 0 Å². The number of halogens is 1. The number of nitrogens with two attached hydrogens (primary N) is 2. The first-order valence-electron chi connectivity index (χ1n) is 10.5. The molecule has 164 valence electrons. The molecule has 1 fully saturated rings. The van der Waals surface area contributed by atoms with Crippen molar-refractivity contribution in [1.82, 2.24) is 14.8 Å². The van der Waals surface area contributed by atoms with Crippen molar-refractivity contribution in [3.05, 3.63) is 41.3 Å². The number of fused-ring (bicyclic) bond motifs is 1. The van der Waals surface area contributed by atoms with Crippen molar-refractivity contribution in [3.63, 3.8) is 0 Å². The minimum Gasteiger partial charge on any atom is -0.365 e. The van der Waals surface area contributed by atoms with Crippen molar-refractivity contribution in [3.8, 4) is 0 Å². The molecule has 2 atom stereocenters. The second kappa shape index (κ2) is 8.14. The number of primary amides is 1. The Morgan fingerprint density at radius 2 is 2.06 bits per heavy atom. The lowest BCUT2D eigenvalue weighted by Crippen LogP contribution is -2.39. The van der Waals surface area contributed by atoms with Crippen LogP contribution in [0.2, 0.25) is 0 Å². The first kappa shape index (κ1) is 21.0. The third-order valence-electron chi connectivity index (χ3n) is 5.78. The molecule has 0 radical (unpaired) electrons. The Labute approximate surface area is 180 Å². The third-order valence-corrected chi connectivity index (χ3v) is 5.78. The molecule has 3 aromatic rings. The molecule has 1 aliphatic rings. The van der Waals surface area contributed by atoms with Crippen molar-refractivity contribution >= 4 is 34.1 Å². The predicted octanol–water partition coefficient (Wildman–Crippen LogP) is 3.19. The number of hydrogen-bond acceptors (Lipinski definition) is 6. The first-order valence-corrected chi connectivity index (χ1v) is 10.5. The van der Waals surface area contributed by atoms with Gasteiger partial charge in [-0.3, -0.25) is 9.48 Å². The molecule has 1 amide bonds. The molecule has 2 heterocycles. The lowest BCUT2D eigenvalue weighted by atomic mass is 10.0.